The maximum absolute atomic E-state index is 8.73. The van der Waals surface area contributed by atoms with E-state index < -0.39 is 0 Å². The van der Waals surface area contributed by atoms with Crippen molar-refractivity contribution in [2.75, 3.05) is 26.7 Å². The molecule has 0 aromatic carbocycles. The average molecular weight is 348 g/mol. The number of halogens is 1. The Kier molecular flexibility index (Phi) is 3.48. The minimum absolute atomic E-state index is 0. The van der Waals surface area contributed by atoms with Gasteiger partial charge in [0.25, 0.3) is 0 Å². The Bertz CT molecular complexity index is 356. The monoisotopic (exact) mass is 348 g/mol. The van der Waals surface area contributed by atoms with Crippen LogP contribution < -0.4 is 24.0 Å². The van der Waals surface area contributed by atoms with Gasteiger partial charge in [0.05, 0.1) is 50.9 Å². The lowest BCUT2D eigenvalue weighted by molar-refractivity contribution is -0.900. The Morgan fingerprint density at radius 3 is 2.88 bits per heavy atom. The van der Waals surface area contributed by atoms with Gasteiger partial charge in [-0.05, 0) is 19.8 Å². The van der Waals surface area contributed by atoms with E-state index in [4.69, 9.17) is 10.00 Å². The normalized spacial score (nSPS) is 50.8. The van der Waals surface area contributed by atoms with Crippen LogP contribution in [0, 0.1) is 23.2 Å². The third-order valence-corrected chi connectivity index (χ3v) is 5.18. The Balaban J connectivity index is 0.00000108. The molecule has 2 bridgehead atoms. The molecule has 0 aliphatic carbocycles. The molecule has 3 saturated heterocycles. The summed E-state index contributed by atoms with van der Waals surface area (Å²) in [6.45, 7) is 5.77. The molecule has 3 rings (SSSR count). The lowest BCUT2D eigenvalue weighted by Gasteiger charge is -2.32. The van der Waals surface area contributed by atoms with Crippen LogP contribution in [0.1, 0.15) is 26.2 Å². The van der Waals surface area contributed by atoms with Gasteiger partial charge in [-0.25, -0.2) is 0 Å². The zero-order valence-corrected chi connectivity index (χ0v) is 12.8. The van der Waals surface area contributed by atoms with Crippen LogP contribution >= 0.6 is 0 Å². The minimum atomic E-state index is 0. The predicted octanol–water partition coefficient (Wildman–Crippen LogP) is -1.45. The van der Waals surface area contributed by atoms with Crippen LogP contribution in [0.5, 0.6) is 0 Å². The molecule has 3 aliphatic heterocycles. The first kappa shape index (κ1) is 13.6. The van der Waals surface area contributed by atoms with Gasteiger partial charge in [-0.2, -0.15) is 5.26 Å². The molecule has 0 radical (unpaired) electrons. The van der Waals surface area contributed by atoms with E-state index >= 15 is 0 Å². The summed E-state index contributed by atoms with van der Waals surface area (Å²) in [5.41, 5.74) is 0.165. The average Bonchev–Trinajstić information content (AvgIpc) is 2.84. The van der Waals surface area contributed by atoms with E-state index in [0.717, 1.165) is 22.9 Å². The number of nitrogens with zero attached hydrogens (tertiary/aromatic N) is 2. The molecule has 0 N–H and O–H groups in total. The summed E-state index contributed by atoms with van der Waals surface area (Å²) in [6.07, 6.45) is 3.72. The van der Waals surface area contributed by atoms with Gasteiger partial charge in [-0.15, -0.1) is 0 Å². The van der Waals surface area contributed by atoms with E-state index in [2.05, 4.69) is 20.0 Å². The van der Waals surface area contributed by atoms with Crippen molar-refractivity contribution in [2.45, 2.75) is 37.9 Å². The Hall–Kier alpha value is 0.140. The zero-order chi connectivity index (χ0) is 11.4. The van der Waals surface area contributed by atoms with E-state index in [9.17, 15) is 0 Å². The molecule has 3 heterocycles. The molecule has 96 valence electrons. The van der Waals surface area contributed by atoms with Crippen LogP contribution in [-0.4, -0.2) is 42.9 Å². The quantitative estimate of drug-likeness (QED) is 0.452. The Morgan fingerprint density at radius 1 is 1.47 bits per heavy atom. The van der Waals surface area contributed by atoms with Crippen molar-refractivity contribution in [3.8, 4) is 6.07 Å². The number of hydrogen-bond donors (Lipinski definition) is 0. The molecule has 5 unspecified atom stereocenters. The molecular formula is C13H21IN2O. The highest BCUT2D eigenvalue weighted by molar-refractivity contribution is 5.06. The van der Waals surface area contributed by atoms with E-state index in [1.165, 1.54) is 25.9 Å². The minimum Gasteiger partial charge on any atom is -1.00 e. The Morgan fingerprint density at radius 2 is 2.24 bits per heavy atom. The van der Waals surface area contributed by atoms with Crippen molar-refractivity contribution < 1.29 is 33.2 Å². The predicted molar refractivity (Wildman–Crippen MR) is 60.5 cm³/mol. The smallest absolute Gasteiger partial charge is 0.0916 e. The van der Waals surface area contributed by atoms with Gasteiger partial charge in [-0.3, -0.25) is 0 Å². The van der Waals surface area contributed by atoms with E-state index in [1.807, 2.05) is 0 Å². The Labute approximate surface area is 121 Å². The van der Waals surface area contributed by atoms with Crippen molar-refractivity contribution in [1.82, 2.24) is 0 Å². The topological polar surface area (TPSA) is 33.0 Å². The van der Waals surface area contributed by atoms with Gasteiger partial charge in [0, 0.05) is 11.8 Å². The lowest BCUT2D eigenvalue weighted by Crippen LogP contribution is -3.00. The second kappa shape index (κ2) is 4.36. The van der Waals surface area contributed by atoms with Crippen LogP contribution in [0.2, 0.25) is 0 Å². The summed E-state index contributed by atoms with van der Waals surface area (Å²) < 4.78 is 7.25. The molecule has 0 saturated carbocycles. The highest BCUT2D eigenvalue weighted by Crippen LogP contribution is 2.55. The van der Waals surface area contributed by atoms with Crippen molar-refractivity contribution in [2.24, 2.45) is 11.8 Å². The molecule has 0 aromatic rings. The molecule has 0 spiro atoms. The summed E-state index contributed by atoms with van der Waals surface area (Å²) in [5, 5.41) is 8.73. The van der Waals surface area contributed by atoms with Crippen LogP contribution in [0.3, 0.4) is 0 Å². The number of likely N-dealkylation sites (tertiary alicyclic amines) is 1. The van der Waals surface area contributed by atoms with Crippen LogP contribution in [0.15, 0.2) is 0 Å². The van der Waals surface area contributed by atoms with Gasteiger partial charge >= 0.3 is 0 Å². The molecule has 3 nitrogen and oxygen atoms in total. The fourth-order valence-corrected chi connectivity index (χ4v) is 4.31. The first-order valence-corrected chi connectivity index (χ1v) is 6.45. The van der Waals surface area contributed by atoms with E-state index in [-0.39, 0.29) is 29.6 Å². The third-order valence-electron chi connectivity index (χ3n) is 5.18. The summed E-state index contributed by atoms with van der Waals surface area (Å²) >= 11 is 0. The van der Waals surface area contributed by atoms with Gasteiger partial charge in [-0.1, -0.05) is 0 Å². The standard InChI is InChI=1S/C13H21N2O.HI/c1-13-5-4-12(16-13)10-8-15(2,7-3-6-14)9-11(10)13;/h10-12H,3-5,7-9H2,1-2H3;1H/q+1;/p-1. The largest absolute Gasteiger partial charge is 1.00 e. The maximum atomic E-state index is 8.73. The number of fused-ring (bicyclic) bond motifs is 5. The second-order valence-electron chi connectivity index (χ2n) is 6.39. The third kappa shape index (κ3) is 2.00. The molecule has 3 fully saturated rings. The number of rotatable bonds is 2. The molecule has 3 aliphatic rings. The summed E-state index contributed by atoms with van der Waals surface area (Å²) in [6, 6.07) is 2.29. The summed E-state index contributed by atoms with van der Waals surface area (Å²) in [5.74, 6) is 1.51. The van der Waals surface area contributed by atoms with Crippen LogP contribution in [-0.2, 0) is 4.74 Å². The van der Waals surface area contributed by atoms with Crippen molar-refractivity contribution in [1.29, 1.82) is 5.26 Å². The van der Waals surface area contributed by atoms with Crippen LogP contribution in [0.25, 0.3) is 0 Å². The van der Waals surface area contributed by atoms with E-state index in [0.29, 0.717) is 12.5 Å². The molecule has 5 atom stereocenters. The number of nitriles is 1. The van der Waals surface area contributed by atoms with Gasteiger partial charge in [0.1, 0.15) is 0 Å². The maximum Gasteiger partial charge on any atom is 0.0916 e. The SMILES string of the molecule is CC12CCC(O1)C1C[N+](C)(CCC#N)CC12.[I-]. The van der Waals surface area contributed by atoms with Gasteiger partial charge in [0.15, 0.2) is 0 Å². The number of hydrogen-bond acceptors (Lipinski definition) is 2. The number of ether oxygens (including phenoxy) is 1. The molecule has 4 heteroatoms. The molecule has 17 heavy (non-hydrogen) atoms. The van der Waals surface area contributed by atoms with Crippen molar-refractivity contribution in [3.05, 3.63) is 0 Å². The molecular weight excluding hydrogens is 327 g/mol. The highest BCUT2D eigenvalue weighted by Gasteiger charge is 2.63. The second-order valence-corrected chi connectivity index (χ2v) is 6.39. The first-order chi connectivity index (χ1) is 7.56. The molecule has 0 amide bonds. The number of quaternary nitrogens is 1. The van der Waals surface area contributed by atoms with Gasteiger partial charge in [0.2, 0.25) is 0 Å². The molecule has 0 aromatic heterocycles. The van der Waals surface area contributed by atoms with E-state index in [1.54, 1.807) is 0 Å². The van der Waals surface area contributed by atoms with Gasteiger partial charge < -0.3 is 33.2 Å². The summed E-state index contributed by atoms with van der Waals surface area (Å²) in [7, 11) is 2.32. The fraction of sp³-hybridized carbons (Fsp3) is 0.923. The highest BCUT2D eigenvalue weighted by atomic mass is 127. The summed E-state index contributed by atoms with van der Waals surface area (Å²) in [4.78, 5) is 0. The van der Waals surface area contributed by atoms with Crippen molar-refractivity contribution >= 4 is 0 Å². The lowest BCUT2D eigenvalue weighted by atomic mass is 9.75. The van der Waals surface area contributed by atoms with Crippen LogP contribution in [0.4, 0.5) is 0 Å². The first-order valence-electron chi connectivity index (χ1n) is 6.45. The fourth-order valence-electron chi connectivity index (χ4n) is 4.31. The van der Waals surface area contributed by atoms with Crippen molar-refractivity contribution in [3.63, 3.8) is 0 Å². The zero-order valence-electron chi connectivity index (χ0n) is 10.7.